The lowest BCUT2D eigenvalue weighted by molar-refractivity contribution is -0.150. The van der Waals surface area contributed by atoms with Crippen molar-refractivity contribution in [3.05, 3.63) is 53.6 Å². The van der Waals surface area contributed by atoms with Gasteiger partial charge in [0, 0.05) is 0 Å². The minimum atomic E-state index is -0.716. The molecule has 0 bridgehead atoms. The number of carbonyl (C=O) groups excluding carboxylic acids is 3. The Morgan fingerprint density at radius 2 is 1.93 bits per heavy atom. The fourth-order valence-electron chi connectivity index (χ4n) is 2.58. The molecule has 0 aliphatic carbocycles. The number of rotatable bonds is 8. The number of esters is 1. The zero-order valence-corrected chi connectivity index (χ0v) is 15.2. The van der Waals surface area contributed by atoms with Crippen LogP contribution < -0.4 is 19.5 Å². The van der Waals surface area contributed by atoms with Crippen LogP contribution in [0.1, 0.15) is 28.9 Å². The molecule has 0 unspecified atom stereocenters. The number of para-hydroxylation sites is 1. The highest BCUT2D eigenvalue weighted by Crippen LogP contribution is 2.34. The number of hydrogen-bond donors (Lipinski definition) is 1. The van der Waals surface area contributed by atoms with Gasteiger partial charge >= 0.3 is 5.97 Å². The van der Waals surface area contributed by atoms with E-state index < -0.39 is 25.1 Å². The molecule has 1 atom stereocenters. The summed E-state index contributed by atoms with van der Waals surface area (Å²) in [6.45, 7) is 1.13. The van der Waals surface area contributed by atoms with Crippen LogP contribution in [0.2, 0.25) is 0 Å². The third-order valence-electron chi connectivity index (χ3n) is 4.03. The number of aldehydes is 1. The predicted molar refractivity (Wildman–Crippen MR) is 97.4 cm³/mol. The molecule has 28 heavy (non-hydrogen) atoms. The second kappa shape index (κ2) is 8.90. The largest absolute Gasteiger partial charge is 0.481 e. The normalized spacial score (nSPS) is 12.8. The van der Waals surface area contributed by atoms with Crippen molar-refractivity contribution in [3.8, 4) is 17.2 Å². The number of ether oxygens (including phenoxy) is 4. The van der Waals surface area contributed by atoms with Gasteiger partial charge in [-0.15, -0.1) is 0 Å². The van der Waals surface area contributed by atoms with E-state index in [2.05, 4.69) is 5.32 Å². The summed E-state index contributed by atoms with van der Waals surface area (Å²) >= 11 is 0. The first-order valence-corrected chi connectivity index (χ1v) is 8.58. The molecule has 1 aliphatic heterocycles. The summed E-state index contributed by atoms with van der Waals surface area (Å²) in [5, 5.41) is 2.74. The van der Waals surface area contributed by atoms with Crippen molar-refractivity contribution in [1.82, 2.24) is 5.32 Å². The van der Waals surface area contributed by atoms with Crippen LogP contribution >= 0.6 is 0 Å². The SMILES string of the molecule is C[C@H](NC(=O)COC(=O)COc1ccccc1C=O)c1ccc2c(c1)OCO2. The molecule has 0 saturated heterocycles. The summed E-state index contributed by atoms with van der Waals surface area (Å²) in [6, 6.07) is 11.6. The van der Waals surface area contributed by atoms with Gasteiger partial charge in [-0.25, -0.2) is 4.79 Å². The van der Waals surface area contributed by atoms with Crippen LogP contribution in [0.4, 0.5) is 0 Å². The van der Waals surface area contributed by atoms with Crippen molar-refractivity contribution in [2.24, 2.45) is 0 Å². The van der Waals surface area contributed by atoms with E-state index in [4.69, 9.17) is 18.9 Å². The Morgan fingerprint density at radius 3 is 2.75 bits per heavy atom. The maximum atomic E-state index is 12.0. The first-order valence-electron chi connectivity index (χ1n) is 8.58. The molecule has 1 N–H and O–H groups in total. The smallest absolute Gasteiger partial charge is 0.344 e. The van der Waals surface area contributed by atoms with Gasteiger partial charge in [0.15, 0.2) is 31.0 Å². The first kappa shape index (κ1) is 19.2. The second-order valence-corrected chi connectivity index (χ2v) is 6.01. The average Bonchev–Trinajstić information content (AvgIpc) is 3.18. The van der Waals surface area contributed by atoms with Crippen LogP contribution in [-0.2, 0) is 14.3 Å². The van der Waals surface area contributed by atoms with Crippen molar-refractivity contribution in [1.29, 1.82) is 0 Å². The van der Waals surface area contributed by atoms with Gasteiger partial charge in [0.05, 0.1) is 11.6 Å². The fraction of sp³-hybridized carbons (Fsp3) is 0.250. The molecular formula is C20H19NO7. The number of hydrogen-bond acceptors (Lipinski definition) is 7. The lowest BCUT2D eigenvalue weighted by Crippen LogP contribution is -2.32. The Morgan fingerprint density at radius 1 is 1.14 bits per heavy atom. The lowest BCUT2D eigenvalue weighted by atomic mass is 10.1. The van der Waals surface area contributed by atoms with E-state index in [1.807, 2.05) is 6.07 Å². The van der Waals surface area contributed by atoms with E-state index in [1.165, 1.54) is 0 Å². The molecule has 8 nitrogen and oxygen atoms in total. The molecule has 0 saturated carbocycles. The summed E-state index contributed by atoms with van der Waals surface area (Å²) in [5.74, 6) is 0.388. The second-order valence-electron chi connectivity index (χ2n) is 6.01. The molecule has 1 amide bonds. The molecule has 3 rings (SSSR count). The van der Waals surface area contributed by atoms with Gasteiger partial charge in [0.1, 0.15) is 5.75 Å². The van der Waals surface area contributed by atoms with Gasteiger partial charge in [-0.05, 0) is 36.8 Å². The third-order valence-corrected chi connectivity index (χ3v) is 4.03. The monoisotopic (exact) mass is 385 g/mol. The van der Waals surface area contributed by atoms with Crippen LogP contribution in [0.15, 0.2) is 42.5 Å². The Balaban J connectivity index is 1.43. The van der Waals surface area contributed by atoms with Crippen LogP contribution in [-0.4, -0.2) is 38.2 Å². The summed E-state index contributed by atoms with van der Waals surface area (Å²) < 4.78 is 20.7. The minimum Gasteiger partial charge on any atom is -0.481 e. The Bertz CT molecular complexity index is 881. The molecule has 2 aromatic rings. The number of nitrogens with one attached hydrogen (secondary N) is 1. The molecule has 8 heteroatoms. The minimum absolute atomic E-state index is 0.175. The van der Waals surface area contributed by atoms with E-state index in [-0.39, 0.29) is 18.6 Å². The van der Waals surface area contributed by atoms with Crippen molar-refractivity contribution in [3.63, 3.8) is 0 Å². The molecule has 1 heterocycles. The summed E-state index contributed by atoms with van der Waals surface area (Å²) in [7, 11) is 0. The molecule has 146 valence electrons. The van der Waals surface area contributed by atoms with Crippen LogP contribution in [0.25, 0.3) is 0 Å². The molecule has 0 radical (unpaired) electrons. The highest BCUT2D eigenvalue weighted by Gasteiger charge is 2.17. The maximum absolute atomic E-state index is 12.0. The zero-order chi connectivity index (χ0) is 19.9. The number of fused-ring (bicyclic) bond motifs is 1. The van der Waals surface area contributed by atoms with Crippen LogP contribution in [0.3, 0.4) is 0 Å². The summed E-state index contributed by atoms with van der Waals surface area (Å²) in [4.78, 5) is 34.7. The van der Waals surface area contributed by atoms with Crippen molar-refractivity contribution in [2.75, 3.05) is 20.0 Å². The van der Waals surface area contributed by atoms with Gasteiger partial charge in [0.25, 0.3) is 5.91 Å². The zero-order valence-electron chi connectivity index (χ0n) is 15.2. The Hall–Kier alpha value is -3.55. The van der Waals surface area contributed by atoms with Gasteiger partial charge in [0.2, 0.25) is 6.79 Å². The Kier molecular flexibility index (Phi) is 6.11. The highest BCUT2D eigenvalue weighted by molar-refractivity contribution is 5.82. The maximum Gasteiger partial charge on any atom is 0.344 e. The number of carbonyl (C=O) groups is 3. The van der Waals surface area contributed by atoms with Gasteiger partial charge in [-0.2, -0.15) is 0 Å². The molecular weight excluding hydrogens is 366 g/mol. The molecule has 0 aromatic heterocycles. The van der Waals surface area contributed by atoms with Crippen molar-refractivity contribution >= 4 is 18.2 Å². The van der Waals surface area contributed by atoms with E-state index >= 15 is 0 Å². The van der Waals surface area contributed by atoms with Crippen molar-refractivity contribution < 1.29 is 33.3 Å². The molecule has 1 aliphatic rings. The third kappa shape index (κ3) is 4.79. The molecule has 2 aromatic carbocycles. The van der Waals surface area contributed by atoms with E-state index in [0.29, 0.717) is 23.3 Å². The van der Waals surface area contributed by atoms with Gasteiger partial charge in [-0.3, -0.25) is 9.59 Å². The van der Waals surface area contributed by atoms with E-state index in [0.717, 1.165) is 5.56 Å². The fourth-order valence-corrected chi connectivity index (χ4v) is 2.58. The standard InChI is InChI=1S/C20H19NO7/c1-13(14-6-7-17-18(8-14)28-12-27-17)21-19(23)10-26-20(24)11-25-16-5-3-2-4-15(16)9-22/h2-9,13H,10-12H2,1H3,(H,21,23)/t13-/m0/s1. The van der Waals surface area contributed by atoms with Gasteiger partial charge < -0.3 is 24.3 Å². The predicted octanol–water partition coefficient (Wildman–Crippen LogP) is 2.03. The quantitative estimate of drug-likeness (QED) is 0.548. The molecule has 0 fully saturated rings. The summed E-state index contributed by atoms with van der Waals surface area (Å²) in [6.07, 6.45) is 0.631. The first-order chi connectivity index (χ1) is 13.6. The Labute approximate surface area is 161 Å². The topological polar surface area (TPSA) is 100 Å². The van der Waals surface area contributed by atoms with E-state index in [1.54, 1.807) is 43.3 Å². The highest BCUT2D eigenvalue weighted by atomic mass is 16.7. The van der Waals surface area contributed by atoms with Gasteiger partial charge in [-0.1, -0.05) is 18.2 Å². The lowest BCUT2D eigenvalue weighted by Gasteiger charge is -2.15. The van der Waals surface area contributed by atoms with E-state index in [9.17, 15) is 14.4 Å². The number of amides is 1. The average molecular weight is 385 g/mol. The number of benzene rings is 2. The summed E-state index contributed by atoms with van der Waals surface area (Å²) in [5.41, 5.74) is 1.16. The van der Waals surface area contributed by atoms with Crippen LogP contribution in [0.5, 0.6) is 17.2 Å². The molecule has 0 spiro atoms. The van der Waals surface area contributed by atoms with Crippen molar-refractivity contribution in [2.45, 2.75) is 13.0 Å². The van der Waals surface area contributed by atoms with Crippen LogP contribution in [0, 0.1) is 0 Å².